The third-order valence-corrected chi connectivity index (χ3v) is 6.09. The van der Waals surface area contributed by atoms with E-state index < -0.39 is 23.4 Å². The minimum Gasteiger partial charge on any atom is -0.452 e. The Hall–Kier alpha value is -5.23. The number of pyridine rings is 1. The first kappa shape index (κ1) is 24.5. The van der Waals surface area contributed by atoms with Crippen molar-refractivity contribution in [2.45, 2.75) is 0 Å². The van der Waals surface area contributed by atoms with Gasteiger partial charge in [0.1, 0.15) is 11.3 Å². The molecule has 1 amide bonds. The number of anilines is 1. The lowest BCUT2D eigenvalue weighted by molar-refractivity contribution is -0.384. The van der Waals surface area contributed by atoms with E-state index in [0.29, 0.717) is 22.5 Å². The fourth-order valence-corrected chi connectivity index (χ4v) is 4.29. The first-order valence-electron chi connectivity index (χ1n) is 11.2. The number of carbonyl (C=O) groups excluding carboxylic acids is 2. The Bertz CT molecular complexity index is 1620. The van der Waals surface area contributed by atoms with Crippen molar-refractivity contribution < 1.29 is 19.2 Å². The summed E-state index contributed by atoms with van der Waals surface area (Å²) in [5.41, 5.74) is 2.87. The molecule has 0 saturated heterocycles. The maximum absolute atomic E-state index is 13.0. The van der Waals surface area contributed by atoms with Gasteiger partial charge in [0.15, 0.2) is 11.7 Å². The Kier molecular flexibility index (Phi) is 6.95. The van der Waals surface area contributed by atoms with Gasteiger partial charge >= 0.3 is 5.97 Å². The lowest BCUT2D eigenvalue weighted by Crippen LogP contribution is -2.21. The summed E-state index contributed by atoms with van der Waals surface area (Å²) in [5, 5.41) is 20.1. The van der Waals surface area contributed by atoms with E-state index in [4.69, 9.17) is 4.74 Å². The van der Waals surface area contributed by atoms with Crippen LogP contribution >= 0.6 is 11.3 Å². The molecule has 188 valence electrons. The maximum Gasteiger partial charge on any atom is 0.342 e. The molecule has 5 rings (SSSR count). The van der Waals surface area contributed by atoms with Crippen molar-refractivity contribution in [3.8, 4) is 28.2 Å². The average Bonchev–Trinajstić information content (AvgIpc) is 3.61. The third-order valence-electron chi connectivity index (χ3n) is 5.33. The Morgan fingerprint density at radius 2 is 1.87 bits per heavy atom. The number of nitro benzene ring substituents is 1. The van der Waals surface area contributed by atoms with Crippen molar-refractivity contribution in [2.24, 2.45) is 0 Å². The highest BCUT2D eigenvalue weighted by Gasteiger charge is 2.21. The predicted molar refractivity (Wildman–Crippen MR) is 140 cm³/mol. The molecule has 3 heterocycles. The molecular weight excluding hydrogens is 508 g/mol. The molecule has 0 radical (unpaired) electrons. The second kappa shape index (κ2) is 10.8. The number of nitrogens with zero attached hydrogens (tertiary/aromatic N) is 5. The van der Waals surface area contributed by atoms with Crippen molar-refractivity contribution in [3.05, 3.63) is 106 Å². The number of non-ortho nitro benzene ring substituents is 1. The predicted octanol–water partition coefficient (Wildman–Crippen LogP) is 4.76. The number of thiazole rings is 1. The summed E-state index contributed by atoms with van der Waals surface area (Å²) in [6.45, 7) is -0.548. The molecule has 0 bridgehead atoms. The number of benzene rings is 2. The van der Waals surface area contributed by atoms with Crippen molar-refractivity contribution in [3.63, 3.8) is 0 Å². The second-order valence-electron chi connectivity index (χ2n) is 7.88. The minimum atomic E-state index is -0.724. The highest BCUT2D eigenvalue weighted by molar-refractivity contribution is 7.14. The second-order valence-corrected chi connectivity index (χ2v) is 8.74. The van der Waals surface area contributed by atoms with Crippen molar-refractivity contribution in [1.29, 1.82) is 0 Å². The number of amides is 1. The first-order valence-corrected chi connectivity index (χ1v) is 12.1. The zero-order valence-electron chi connectivity index (χ0n) is 19.6. The summed E-state index contributed by atoms with van der Waals surface area (Å²) in [5.74, 6) is -1.31. The molecular formula is C26H18N6O5S. The summed E-state index contributed by atoms with van der Waals surface area (Å²) in [4.78, 5) is 44.4. The first-order chi connectivity index (χ1) is 18.5. The maximum atomic E-state index is 13.0. The number of carbonyl (C=O) groups is 2. The lowest BCUT2D eigenvalue weighted by Gasteiger charge is -2.05. The van der Waals surface area contributed by atoms with Crippen LogP contribution in [-0.2, 0) is 9.53 Å². The molecule has 11 nitrogen and oxygen atoms in total. The van der Waals surface area contributed by atoms with E-state index in [1.54, 1.807) is 52.9 Å². The molecule has 0 atom stereocenters. The monoisotopic (exact) mass is 526 g/mol. The van der Waals surface area contributed by atoms with Crippen LogP contribution in [0.4, 0.5) is 10.8 Å². The van der Waals surface area contributed by atoms with E-state index in [2.05, 4.69) is 20.4 Å². The topological polar surface area (TPSA) is 142 Å². The molecule has 3 aromatic heterocycles. The standard InChI is InChI=1S/C26H18N6O5S/c33-23(29-26-28-22(16-38-26)17-6-4-10-20(12-17)32(35)36)15-37-25(34)21-14-31(19-8-2-1-3-9-19)30-24(21)18-7-5-11-27-13-18/h1-14,16H,15H2,(H,28,29,33). The molecule has 1 N–H and O–H groups in total. The van der Waals surface area contributed by atoms with Crippen LogP contribution < -0.4 is 5.32 Å². The van der Waals surface area contributed by atoms with Gasteiger partial charge in [-0.15, -0.1) is 11.3 Å². The molecule has 5 aromatic rings. The highest BCUT2D eigenvalue weighted by atomic mass is 32.1. The summed E-state index contributed by atoms with van der Waals surface area (Å²) >= 11 is 1.14. The lowest BCUT2D eigenvalue weighted by atomic mass is 10.1. The molecule has 0 aliphatic carbocycles. The minimum absolute atomic E-state index is 0.0609. The number of aromatic nitrogens is 4. The van der Waals surface area contributed by atoms with Gasteiger partial charge in [0.05, 0.1) is 16.3 Å². The van der Waals surface area contributed by atoms with E-state index in [9.17, 15) is 19.7 Å². The quantitative estimate of drug-likeness (QED) is 0.173. The zero-order chi connectivity index (χ0) is 26.5. The Labute approximate surface area is 219 Å². The van der Waals surface area contributed by atoms with Crippen LogP contribution in [0.5, 0.6) is 0 Å². The molecule has 0 spiro atoms. The largest absolute Gasteiger partial charge is 0.452 e. The van der Waals surface area contributed by atoms with Gasteiger partial charge in [0.25, 0.3) is 11.6 Å². The van der Waals surface area contributed by atoms with Crippen LogP contribution in [0.3, 0.4) is 0 Å². The van der Waals surface area contributed by atoms with E-state index >= 15 is 0 Å². The summed E-state index contributed by atoms with van der Waals surface area (Å²) in [6.07, 6.45) is 4.75. The number of esters is 1. The summed E-state index contributed by atoms with van der Waals surface area (Å²) in [7, 11) is 0. The third kappa shape index (κ3) is 5.44. The van der Waals surface area contributed by atoms with Gasteiger partial charge in [-0.3, -0.25) is 25.2 Å². The zero-order valence-corrected chi connectivity index (χ0v) is 20.4. The van der Waals surface area contributed by atoms with Gasteiger partial charge in [-0.2, -0.15) is 5.10 Å². The van der Waals surface area contributed by atoms with Crippen LogP contribution in [0, 0.1) is 10.1 Å². The van der Waals surface area contributed by atoms with Gasteiger partial charge in [0, 0.05) is 47.2 Å². The number of rotatable bonds is 8. The molecule has 0 saturated carbocycles. The van der Waals surface area contributed by atoms with Crippen LogP contribution in [0.25, 0.3) is 28.2 Å². The van der Waals surface area contributed by atoms with Gasteiger partial charge < -0.3 is 4.74 Å². The van der Waals surface area contributed by atoms with Crippen LogP contribution in [-0.4, -0.2) is 43.2 Å². The van der Waals surface area contributed by atoms with E-state index in [1.165, 1.54) is 12.1 Å². The molecule has 12 heteroatoms. The number of hydrogen-bond donors (Lipinski definition) is 1. The summed E-state index contributed by atoms with van der Waals surface area (Å²) in [6, 6.07) is 18.8. The van der Waals surface area contributed by atoms with Crippen molar-refractivity contribution in [1.82, 2.24) is 19.7 Å². The molecule has 0 aliphatic rings. The highest BCUT2D eigenvalue weighted by Crippen LogP contribution is 2.28. The fourth-order valence-electron chi connectivity index (χ4n) is 3.56. The van der Waals surface area contributed by atoms with Crippen molar-refractivity contribution in [2.75, 3.05) is 11.9 Å². The fraction of sp³-hybridized carbons (Fsp3) is 0.0385. The van der Waals surface area contributed by atoms with Gasteiger partial charge in [-0.05, 0) is 24.3 Å². The smallest absolute Gasteiger partial charge is 0.342 e. The Morgan fingerprint density at radius 3 is 2.63 bits per heavy atom. The number of hydrogen-bond acceptors (Lipinski definition) is 9. The van der Waals surface area contributed by atoms with Crippen molar-refractivity contribution >= 4 is 34.0 Å². The van der Waals surface area contributed by atoms with Gasteiger partial charge in [-0.25, -0.2) is 14.5 Å². The summed E-state index contributed by atoms with van der Waals surface area (Å²) < 4.78 is 6.84. The van der Waals surface area contributed by atoms with Crippen LogP contribution in [0.1, 0.15) is 10.4 Å². The van der Waals surface area contributed by atoms with Crippen LogP contribution in [0.15, 0.2) is 90.7 Å². The molecule has 0 fully saturated rings. The normalized spacial score (nSPS) is 10.6. The van der Waals surface area contributed by atoms with E-state index in [0.717, 1.165) is 17.0 Å². The van der Waals surface area contributed by atoms with E-state index in [-0.39, 0.29) is 16.4 Å². The number of nitro groups is 1. The molecule has 0 unspecified atom stereocenters. The van der Waals surface area contributed by atoms with Gasteiger partial charge in [0.2, 0.25) is 0 Å². The van der Waals surface area contributed by atoms with Crippen LogP contribution in [0.2, 0.25) is 0 Å². The SMILES string of the molecule is O=C(COC(=O)c1cn(-c2ccccc2)nc1-c1cccnc1)Nc1nc(-c2cccc([N+](=O)[O-])c2)cs1. The Balaban J connectivity index is 1.28. The van der Waals surface area contributed by atoms with E-state index in [1.807, 2.05) is 30.3 Å². The Morgan fingerprint density at radius 1 is 1.05 bits per heavy atom. The van der Waals surface area contributed by atoms with Gasteiger partial charge in [-0.1, -0.05) is 30.3 Å². The number of para-hydroxylation sites is 1. The molecule has 2 aromatic carbocycles. The number of nitrogens with one attached hydrogen (secondary N) is 1. The average molecular weight is 527 g/mol. The molecule has 38 heavy (non-hydrogen) atoms. The number of ether oxygens (including phenoxy) is 1. The molecule has 0 aliphatic heterocycles.